The van der Waals surface area contributed by atoms with E-state index in [1.54, 1.807) is 0 Å². The highest BCUT2D eigenvalue weighted by atomic mass is 32.2. The predicted molar refractivity (Wildman–Crippen MR) is 116 cm³/mol. The van der Waals surface area contributed by atoms with Crippen molar-refractivity contribution in [2.24, 2.45) is 17.3 Å². The molecule has 10 heteroatoms. The topological polar surface area (TPSA) is 78.5 Å². The van der Waals surface area contributed by atoms with Gasteiger partial charge in [0.25, 0.3) is 0 Å². The standard InChI is InChI=1S/C22H32F3N3O3S/c1-21(2,3)19(27-32(4,30)31)20(29)26-18-10-7-15-12-28(13-17(15)18)11-14-5-8-16(9-6-14)22(23,24)25/h5-6,8-9,15,17-19,27H,7,10-13H2,1-4H3,(H,26,29)/t15-,17+,18+,19-/m1/s1. The number of carbonyl (C=O) groups is 1. The van der Waals surface area contributed by atoms with E-state index < -0.39 is 33.2 Å². The number of sulfonamides is 1. The van der Waals surface area contributed by atoms with Crippen LogP contribution in [0, 0.1) is 17.3 Å². The SMILES string of the molecule is CC(C)(C)[C@H](NS(C)(=O)=O)C(=O)N[C@H]1CC[C@@H]2CN(Cc3ccc(C(F)(F)F)cc3)C[C@@H]21. The summed E-state index contributed by atoms with van der Waals surface area (Å²) in [6.07, 6.45) is -1.50. The van der Waals surface area contributed by atoms with E-state index in [2.05, 4.69) is 14.9 Å². The third kappa shape index (κ3) is 6.23. The summed E-state index contributed by atoms with van der Waals surface area (Å²) in [6, 6.07) is 4.33. The maximum absolute atomic E-state index is 13.0. The van der Waals surface area contributed by atoms with Crippen LogP contribution in [0.15, 0.2) is 24.3 Å². The van der Waals surface area contributed by atoms with Gasteiger partial charge in [0, 0.05) is 25.7 Å². The van der Waals surface area contributed by atoms with Crippen molar-refractivity contribution in [2.75, 3.05) is 19.3 Å². The van der Waals surface area contributed by atoms with E-state index in [0.29, 0.717) is 12.5 Å². The molecule has 1 saturated heterocycles. The molecule has 0 unspecified atom stereocenters. The molecule has 0 radical (unpaired) electrons. The lowest BCUT2D eigenvalue weighted by molar-refractivity contribution is -0.137. The van der Waals surface area contributed by atoms with Crippen molar-refractivity contribution in [2.45, 2.75) is 58.4 Å². The van der Waals surface area contributed by atoms with Crippen molar-refractivity contribution in [3.63, 3.8) is 0 Å². The Hall–Kier alpha value is -1.65. The van der Waals surface area contributed by atoms with Crippen molar-refractivity contribution in [3.05, 3.63) is 35.4 Å². The molecule has 0 spiro atoms. The van der Waals surface area contributed by atoms with Gasteiger partial charge in [0.1, 0.15) is 6.04 Å². The first-order chi connectivity index (χ1) is 14.6. The molecule has 2 fully saturated rings. The van der Waals surface area contributed by atoms with Crippen LogP contribution in [0.1, 0.15) is 44.7 Å². The van der Waals surface area contributed by atoms with Crippen molar-refractivity contribution >= 4 is 15.9 Å². The molecule has 1 aromatic carbocycles. The summed E-state index contributed by atoms with van der Waals surface area (Å²) in [6.45, 7) is 7.58. The Balaban J connectivity index is 1.61. The van der Waals surface area contributed by atoms with Crippen LogP contribution in [0.4, 0.5) is 13.2 Å². The van der Waals surface area contributed by atoms with Gasteiger partial charge in [-0.3, -0.25) is 9.69 Å². The number of carbonyl (C=O) groups excluding carboxylic acids is 1. The summed E-state index contributed by atoms with van der Waals surface area (Å²) < 4.78 is 64.2. The maximum Gasteiger partial charge on any atom is 0.416 e. The first-order valence-electron chi connectivity index (χ1n) is 10.8. The molecule has 1 aliphatic heterocycles. The van der Waals surface area contributed by atoms with Gasteiger partial charge < -0.3 is 5.32 Å². The molecule has 1 heterocycles. The number of fused-ring (bicyclic) bond motifs is 1. The molecule has 180 valence electrons. The molecule has 3 rings (SSSR count). The molecular weight excluding hydrogens is 443 g/mol. The van der Waals surface area contributed by atoms with Crippen LogP contribution in [0.5, 0.6) is 0 Å². The number of likely N-dealkylation sites (tertiary alicyclic amines) is 1. The second kappa shape index (κ2) is 8.95. The van der Waals surface area contributed by atoms with E-state index in [4.69, 9.17) is 0 Å². The van der Waals surface area contributed by atoms with E-state index >= 15 is 0 Å². The molecule has 0 bridgehead atoms. The number of alkyl halides is 3. The zero-order valence-electron chi connectivity index (χ0n) is 18.9. The van der Waals surface area contributed by atoms with Gasteiger partial charge in [0.05, 0.1) is 11.8 Å². The van der Waals surface area contributed by atoms with Crippen molar-refractivity contribution in [1.82, 2.24) is 14.9 Å². The Morgan fingerprint density at radius 2 is 1.75 bits per heavy atom. The van der Waals surface area contributed by atoms with Crippen molar-refractivity contribution in [3.8, 4) is 0 Å². The van der Waals surface area contributed by atoms with Gasteiger partial charge in [-0.15, -0.1) is 0 Å². The summed E-state index contributed by atoms with van der Waals surface area (Å²) in [5.41, 5.74) is -0.419. The van der Waals surface area contributed by atoms with Crippen LogP contribution >= 0.6 is 0 Å². The number of nitrogens with zero attached hydrogens (tertiary/aromatic N) is 1. The van der Waals surface area contributed by atoms with E-state index in [9.17, 15) is 26.4 Å². The van der Waals surface area contributed by atoms with Crippen LogP contribution in [-0.4, -0.2) is 50.7 Å². The Morgan fingerprint density at radius 1 is 1.12 bits per heavy atom. The third-order valence-electron chi connectivity index (χ3n) is 6.41. The highest BCUT2D eigenvalue weighted by molar-refractivity contribution is 7.88. The molecular formula is C22H32F3N3O3S. The number of amides is 1. The second-order valence-corrected chi connectivity index (χ2v) is 12.0. The Morgan fingerprint density at radius 3 is 2.28 bits per heavy atom. The van der Waals surface area contributed by atoms with E-state index in [1.807, 2.05) is 20.8 Å². The van der Waals surface area contributed by atoms with Crippen molar-refractivity contribution in [1.29, 1.82) is 0 Å². The van der Waals surface area contributed by atoms with Gasteiger partial charge in [-0.1, -0.05) is 32.9 Å². The molecule has 4 atom stereocenters. The molecule has 1 aromatic rings. The fourth-order valence-electron chi connectivity index (χ4n) is 4.83. The Bertz CT molecular complexity index is 926. The summed E-state index contributed by atoms with van der Waals surface area (Å²) in [4.78, 5) is 15.2. The van der Waals surface area contributed by atoms with Crippen LogP contribution < -0.4 is 10.0 Å². The number of benzene rings is 1. The minimum absolute atomic E-state index is 0.0451. The van der Waals surface area contributed by atoms with Crippen LogP contribution in [0.25, 0.3) is 0 Å². The quantitative estimate of drug-likeness (QED) is 0.663. The van der Waals surface area contributed by atoms with Gasteiger partial charge in [-0.25, -0.2) is 13.1 Å². The lowest BCUT2D eigenvalue weighted by Gasteiger charge is -2.32. The highest BCUT2D eigenvalue weighted by Crippen LogP contribution is 2.39. The summed E-state index contributed by atoms with van der Waals surface area (Å²) in [7, 11) is -3.55. The van der Waals surface area contributed by atoms with Gasteiger partial charge in [0.2, 0.25) is 15.9 Å². The number of rotatable bonds is 6. The van der Waals surface area contributed by atoms with Crippen LogP contribution in [-0.2, 0) is 27.5 Å². The zero-order valence-corrected chi connectivity index (χ0v) is 19.7. The summed E-state index contributed by atoms with van der Waals surface area (Å²) >= 11 is 0. The fraction of sp³-hybridized carbons (Fsp3) is 0.682. The first-order valence-corrected chi connectivity index (χ1v) is 12.7. The molecule has 1 amide bonds. The first kappa shape index (κ1) is 25.0. The number of nitrogens with one attached hydrogen (secondary N) is 2. The largest absolute Gasteiger partial charge is 0.416 e. The number of halogens is 3. The summed E-state index contributed by atoms with van der Waals surface area (Å²) in [5.74, 6) is 0.327. The van der Waals surface area contributed by atoms with E-state index in [-0.39, 0.29) is 17.9 Å². The molecule has 1 saturated carbocycles. The van der Waals surface area contributed by atoms with Gasteiger partial charge in [-0.2, -0.15) is 13.2 Å². The zero-order chi connectivity index (χ0) is 23.9. The average molecular weight is 476 g/mol. The lowest BCUT2D eigenvalue weighted by Crippen LogP contribution is -2.55. The van der Waals surface area contributed by atoms with Gasteiger partial charge in [-0.05, 0) is 47.8 Å². The molecule has 6 nitrogen and oxygen atoms in total. The normalized spacial score (nSPS) is 25.5. The Kier molecular flexibility index (Phi) is 6.98. The summed E-state index contributed by atoms with van der Waals surface area (Å²) in [5, 5.41) is 3.07. The lowest BCUT2D eigenvalue weighted by atomic mass is 9.86. The fourth-order valence-corrected chi connectivity index (χ4v) is 5.72. The number of hydrogen-bond donors (Lipinski definition) is 2. The van der Waals surface area contributed by atoms with E-state index in [0.717, 1.165) is 49.9 Å². The monoisotopic (exact) mass is 475 g/mol. The van der Waals surface area contributed by atoms with Crippen LogP contribution in [0.3, 0.4) is 0 Å². The minimum atomic E-state index is -4.34. The molecule has 2 aliphatic rings. The number of hydrogen-bond acceptors (Lipinski definition) is 4. The smallest absolute Gasteiger partial charge is 0.352 e. The third-order valence-corrected chi connectivity index (χ3v) is 7.07. The second-order valence-electron chi connectivity index (χ2n) is 10.2. The minimum Gasteiger partial charge on any atom is -0.352 e. The van der Waals surface area contributed by atoms with Crippen LogP contribution in [0.2, 0.25) is 0 Å². The van der Waals surface area contributed by atoms with Gasteiger partial charge in [0.15, 0.2) is 0 Å². The molecule has 2 N–H and O–H groups in total. The average Bonchev–Trinajstić information content (AvgIpc) is 3.19. The predicted octanol–water partition coefficient (Wildman–Crippen LogP) is 3.00. The van der Waals surface area contributed by atoms with E-state index in [1.165, 1.54) is 12.1 Å². The maximum atomic E-state index is 13.0. The molecule has 32 heavy (non-hydrogen) atoms. The Labute approximate surface area is 188 Å². The molecule has 1 aliphatic carbocycles. The van der Waals surface area contributed by atoms with Crippen molar-refractivity contribution < 1.29 is 26.4 Å². The molecule has 0 aromatic heterocycles. The van der Waals surface area contributed by atoms with Gasteiger partial charge >= 0.3 is 6.18 Å². The highest BCUT2D eigenvalue weighted by Gasteiger charge is 2.44.